The van der Waals surface area contributed by atoms with Crippen LogP contribution in [0, 0.1) is 6.92 Å². The molecular weight excluding hydrogens is 262 g/mol. The van der Waals surface area contributed by atoms with Crippen LogP contribution in [0.3, 0.4) is 0 Å². The summed E-state index contributed by atoms with van der Waals surface area (Å²) in [6, 6.07) is 1.71. The van der Waals surface area contributed by atoms with E-state index in [4.69, 9.17) is 22.4 Å². The van der Waals surface area contributed by atoms with Crippen LogP contribution in [0.2, 0.25) is 0 Å². The molecule has 0 unspecified atom stereocenters. The van der Waals surface area contributed by atoms with Gasteiger partial charge in [-0.25, -0.2) is 0 Å². The Bertz CT molecular complexity index is 490. The number of amides is 1. The highest BCUT2D eigenvalue weighted by molar-refractivity contribution is 7.80. The summed E-state index contributed by atoms with van der Waals surface area (Å²) in [6.07, 6.45) is 2.93. The van der Waals surface area contributed by atoms with Crippen LogP contribution >= 0.6 is 12.2 Å². The number of rotatable bonds is 3. The van der Waals surface area contributed by atoms with Crippen LogP contribution in [0.1, 0.15) is 29.0 Å². The van der Waals surface area contributed by atoms with E-state index in [9.17, 15) is 4.79 Å². The van der Waals surface area contributed by atoms with Crippen LogP contribution in [-0.4, -0.2) is 41.5 Å². The highest BCUT2D eigenvalue weighted by Gasteiger charge is 2.38. The average Bonchev–Trinajstić information content (AvgIpc) is 2.79. The minimum atomic E-state index is -0.579. The number of aryl methyl sites for hydroxylation is 1. The summed E-state index contributed by atoms with van der Waals surface area (Å²) in [4.78, 5) is 14.8. The first-order valence-corrected chi connectivity index (χ1v) is 6.70. The second-order valence-corrected chi connectivity index (χ2v) is 5.59. The third-order valence-corrected chi connectivity index (χ3v) is 4.05. The lowest BCUT2D eigenvalue weighted by molar-refractivity contribution is 0.0889. The normalized spacial score (nSPS) is 19.1. The van der Waals surface area contributed by atoms with E-state index in [1.165, 1.54) is 6.26 Å². The van der Waals surface area contributed by atoms with Crippen LogP contribution in [0.4, 0.5) is 0 Å². The van der Waals surface area contributed by atoms with E-state index in [1.807, 2.05) is 7.05 Å². The van der Waals surface area contributed by atoms with Gasteiger partial charge < -0.3 is 20.4 Å². The zero-order valence-corrected chi connectivity index (χ0v) is 12.0. The minimum absolute atomic E-state index is 0.186. The van der Waals surface area contributed by atoms with Gasteiger partial charge in [-0.2, -0.15) is 0 Å². The van der Waals surface area contributed by atoms with E-state index in [-0.39, 0.29) is 5.91 Å². The Morgan fingerprint density at radius 3 is 2.63 bits per heavy atom. The Balaban J connectivity index is 2.13. The lowest BCUT2D eigenvalue weighted by atomic mass is 9.87. The summed E-state index contributed by atoms with van der Waals surface area (Å²) in [7, 11) is 2.05. The van der Waals surface area contributed by atoms with Crippen molar-refractivity contribution < 1.29 is 9.21 Å². The Morgan fingerprint density at radius 2 is 2.16 bits per heavy atom. The van der Waals surface area contributed by atoms with Crippen molar-refractivity contribution in [3.05, 3.63) is 23.7 Å². The van der Waals surface area contributed by atoms with Gasteiger partial charge in [0.15, 0.2) is 0 Å². The summed E-state index contributed by atoms with van der Waals surface area (Å²) < 4.78 is 5.15. The number of carbonyl (C=O) groups excluding carboxylic acids is 1. The second-order valence-electron chi connectivity index (χ2n) is 5.15. The molecule has 0 bridgehead atoms. The van der Waals surface area contributed by atoms with Crippen LogP contribution in [-0.2, 0) is 0 Å². The molecule has 1 aliphatic rings. The van der Waals surface area contributed by atoms with Crippen LogP contribution in [0.5, 0.6) is 0 Å². The first-order valence-electron chi connectivity index (χ1n) is 6.29. The van der Waals surface area contributed by atoms with Crippen molar-refractivity contribution in [2.75, 3.05) is 20.1 Å². The molecule has 1 aliphatic heterocycles. The van der Waals surface area contributed by atoms with Crippen molar-refractivity contribution in [3.8, 4) is 0 Å². The van der Waals surface area contributed by atoms with Crippen molar-refractivity contribution >= 4 is 23.1 Å². The molecular formula is C13H19N3O2S. The lowest BCUT2D eigenvalue weighted by Crippen LogP contribution is -2.61. The molecule has 6 heteroatoms. The Kier molecular flexibility index (Phi) is 3.91. The van der Waals surface area contributed by atoms with Crippen LogP contribution < -0.4 is 11.1 Å². The van der Waals surface area contributed by atoms with Crippen molar-refractivity contribution in [1.82, 2.24) is 10.2 Å². The first kappa shape index (κ1) is 14.0. The van der Waals surface area contributed by atoms with Gasteiger partial charge in [-0.3, -0.25) is 4.79 Å². The summed E-state index contributed by atoms with van der Waals surface area (Å²) >= 11 is 5.16. The maximum Gasteiger partial charge on any atom is 0.255 e. The van der Waals surface area contributed by atoms with Gasteiger partial charge in [-0.1, -0.05) is 12.2 Å². The molecule has 0 radical (unpaired) electrons. The summed E-state index contributed by atoms with van der Waals surface area (Å²) in [5.41, 5.74) is 5.78. The molecule has 1 fully saturated rings. The maximum atomic E-state index is 12.2. The van der Waals surface area contributed by atoms with Gasteiger partial charge >= 0.3 is 0 Å². The van der Waals surface area contributed by atoms with Gasteiger partial charge in [0, 0.05) is 13.1 Å². The van der Waals surface area contributed by atoms with E-state index in [0.29, 0.717) is 16.3 Å². The smallest absolute Gasteiger partial charge is 0.255 e. The highest BCUT2D eigenvalue weighted by atomic mass is 32.1. The summed E-state index contributed by atoms with van der Waals surface area (Å²) in [5.74, 6) is 0.520. The van der Waals surface area contributed by atoms with Gasteiger partial charge in [-0.15, -0.1) is 0 Å². The van der Waals surface area contributed by atoms with E-state index in [2.05, 4.69) is 10.2 Å². The zero-order chi connectivity index (χ0) is 14.0. The number of nitrogens with one attached hydrogen (secondary N) is 1. The van der Waals surface area contributed by atoms with E-state index in [0.717, 1.165) is 25.9 Å². The maximum absolute atomic E-state index is 12.2. The molecule has 1 amide bonds. The number of hydrogen-bond donors (Lipinski definition) is 2. The highest BCUT2D eigenvalue weighted by Crippen LogP contribution is 2.23. The molecule has 0 saturated carbocycles. The number of thiocarbonyl (C=S) groups is 1. The lowest BCUT2D eigenvalue weighted by Gasteiger charge is -2.40. The van der Waals surface area contributed by atoms with E-state index in [1.54, 1.807) is 13.0 Å². The number of carbonyl (C=O) groups is 1. The number of hydrogen-bond acceptors (Lipinski definition) is 4. The predicted molar refractivity (Wildman–Crippen MR) is 77.2 cm³/mol. The molecule has 2 rings (SSSR count). The van der Waals surface area contributed by atoms with Crippen LogP contribution in [0.15, 0.2) is 16.7 Å². The predicted octanol–water partition coefficient (Wildman–Crippen LogP) is 1.07. The molecule has 1 aromatic rings. The van der Waals surface area contributed by atoms with Gasteiger partial charge in [0.05, 0.1) is 16.1 Å². The summed E-state index contributed by atoms with van der Waals surface area (Å²) in [5, 5.41) is 2.99. The SMILES string of the molecule is Cc1cc(C(=O)NC2(C(N)=S)CCN(C)CC2)co1. The Morgan fingerprint density at radius 1 is 1.53 bits per heavy atom. The molecule has 104 valence electrons. The molecule has 2 heterocycles. The Hall–Kier alpha value is -1.40. The third kappa shape index (κ3) is 2.96. The molecule has 3 N–H and O–H groups in total. The molecule has 1 saturated heterocycles. The topological polar surface area (TPSA) is 71.5 Å². The number of nitrogens with two attached hydrogens (primary N) is 1. The van der Waals surface area contributed by atoms with Gasteiger partial charge in [-0.05, 0) is 32.9 Å². The first-order chi connectivity index (χ1) is 8.93. The molecule has 0 aromatic carbocycles. The van der Waals surface area contributed by atoms with Gasteiger partial charge in [0.1, 0.15) is 12.0 Å². The van der Waals surface area contributed by atoms with Crippen molar-refractivity contribution in [1.29, 1.82) is 0 Å². The quantitative estimate of drug-likeness (QED) is 0.811. The number of furan rings is 1. The molecule has 5 nitrogen and oxygen atoms in total. The fourth-order valence-electron chi connectivity index (χ4n) is 2.29. The van der Waals surface area contributed by atoms with E-state index >= 15 is 0 Å². The molecule has 0 atom stereocenters. The van der Waals surface area contributed by atoms with E-state index < -0.39 is 5.54 Å². The van der Waals surface area contributed by atoms with Crippen LogP contribution in [0.25, 0.3) is 0 Å². The van der Waals surface area contributed by atoms with Gasteiger partial charge in [0.2, 0.25) is 0 Å². The number of likely N-dealkylation sites (tertiary alicyclic amines) is 1. The second kappa shape index (κ2) is 5.30. The van der Waals surface area contributed by atoms with Crippen molar-refractivity contribution in [3.63, 3.8) is 0 Å². The summed E-state index contributed by atoms with van der Waals surface area (Å²) in [6.45, 7) is 3.53. The van der Waals surface area contributed by atoms with Crippen molar-refractivity contribution in [2.45, 2.75) is 25.3 Å². The Labute approximate surface area is 118 Å². The minimum Gasteiger partial charge on any atom is -0.469 e. The molecule has 0 spiro atoms. The molecule has 1 aromatic heterocycles. The van der Waals surface area contributed by atoms with Gasteiger partial charge in [0.25, 0.3) is 5.91 Å². The fraction of sp³-hybridized carbons (Fsp3) is 0.538. The number of nitrogens with zero attached hydrogens (tertiary/aromatic N) is 1. The molecule has 19 heavy (non-hydrogen) atoms. The number of piperidine rings is 1. The monoisotopic (exact) mass is 281 g/mol. The zero-order valence-electron chi connectivity index (χ0n) is 11.2. The van der Waals surface area contributed by atoms with Crippen molar-refractivity contribution in [2.24, 2.45) is 5.73 Å². The molecule has 0 aliphatic carbocycles. The average molecular weight is 281 g/mol. The standard InChI is InChI=1S/C13H19N3O2S/c1-9-7-10(8-18-9)11(17)15-13(12(14)19)3-5-16(2)6-4-13/h7-8H,3-6H2,1-2H3,(H2,14,19)(H,15,17). The largest absolute Gasteiger partial charge is 0.469 e. The fourth-order valence-corrected chi connectivity index (χ4v) is 2.54. The third-order valence-electron chi connectivity index (χ3n) is 3.66.